The van der Waals surface area contributed by atoms with Crippen LogP contribution in [0.1, 0.15) is 38.1 Å². The summed E-state index contributed by atoms with van der Waals surface area (Å²) in [4.78, 5) is 11.4. The summed E-state index contributed by atoms with van der Waals surface area (Å²) in [6, 6.07) is 7.82. The van der Waals surface area contributed by atoms with Gasteiger partial charge < -0.3 is 9.64 Å². The summed E-state index contributed by atoms with van der Waals surface area (Å²) in [5.74, 6) is 2.51. The molecule has 3 aromatic rings. The van der Waals surface area contributed by atoms with E-state index in [1.54, 1.807) is 7.11 Å². The Morgan fingerprint density at radius 2 is 1.96 bits per heavy atom. The first-order valence-corrected chi connectivity index (χ1v) is 8.25. The summed E-state index contributed by atoms with van der Waals surface area (Å²) in [5, 5.41) is 8.50. The van der Waals surface area contributed by atoms with E-state index in [0.717, 1.165) is 28.8 Å². The predicted molar refractivity (Wildman–Crippen MR) is 96.5 cm³/mol. The monoisotopic (exact) mass is 340 g/mol. The molecule has 7 heteroatoms. The molecular weight excluding hydrogens is 316 g/mol. The molecule has 0 aliphatic heterocycles. The van der Waals surface area contributed by atoms with Crippen LogP contribution in [0.4, 0.5) is 5.82 Å². The number of hydrogen-bond donors (Lipinski definition) is 0. The molecule has 3 rings (SSSR count). The van der Waals surface area contributed by atoms with Crippen molar-refractivity contribution in [3.05, 3.63) is 47.8 Å². The highest BCUT2D eigenvalue weighted by atomic mass is 16.5. The van der Waals surface area contributed by atoms with Crippen LogP contribution in [0.3, 0.4) is 0 Å². The van der Waals surface area contributed by atoms with Crippen LogP contribution in [0.15, 0.2) is 30.5 Å². The standard InChI is InChI=1S/C18H24N6O/c1-18(2,3)17-19-13(12-25-5)10-15(20-17)23(4)11-16-22-21-14-8-6-7-9-24(14)16/h6-10H,11-12H2,1-5H3. The number of rotatable bonds is 5. The lowest BCUT2D eigenvalue weighted by atomic mass is 9.95. The molecule has 0 N–H and O–H groups in total. The fraction of sp³-hybridized carbons (Fsp3) is 0.444. The summed E-state index contributed by atoms with van der Waals surface area (Å²) < 4.78 is 7.24. The summed E-state index contributed by atoms with van der Waals surface area (Å²) in [6.45, 7) is 7.37. The van der Waals surface area contributed by atoms with Gasteiger partial charge >= 0.3 is 0 Å². The SMILES string of the molecule is COCc1cc(N(C)Cc2nnc3ccccn23)nc(C(C)(C)C)n1. The molecule has 0 saturated carbocycles. The average Bonchev–Trinajstić information content (AvgIpc) is 2.97. The van der Waals surface area contributed by atoms with Gasteiger partial charge in [0.2, 0.25) is 0 Å². The van der Waals surface area contributed by atoms with Crippen molar-refractivity contribution < 1.29 is 4.74 Å². The van der Waals surface area contributed by atoms with Crippen LogP contribution in [0.25, 0.3) is 5.65 Å². The Kier molecular flexibility index (Phi) is 4.67. The first-order chi connectivity index (χ1) is 11.9. The van der Waals surface area contributed by atoms with Gasteiger partial charge in [0.05, 0.1) is 18.8 Å². The van der Waals surface area contributed by atoms with Crippen molar-refractivity contribution in [1.29, 1.82) is 0 Å². The summed E-state index contributed by atoms with van der Waals surface area (Å²) in [6.07, 6.45) is 1.97. The molecule has 0 saturated heterocycles. The molecule has 0 fully saturated rings. The summed E-state index contributed by atoms with van der Waals surface area (Å²) in [5.41, 5.74) is 1.57. The van der Waals surface area contributed by atoms with Crippen molar-refractivity contribution in [2.24, 2.45) is 0 Å². The molecule has 3 aromatic heterocycles. The highest BCUT2D eigenvalue weighted by Gasteiger charge is 2.20. The molecule has 0 spiro atoms. The molecule has 0 atom stereocenters. The van der Waals surface area contributed by atoms with E-state index in [1.165, 1.54) is 0 Å². The van der Waals surface area contributed by atoms with Gasteiger partial charge in [0.15, 0.2) is 11.5 Å². The third-order valence-electron chi connectivity index (χ3n) is 3.88. The topological polar surface area (TPSA) is 68.4 Å². The quantitative estimate of drug-likeness (QED) is 0.711. The molecule has 0 amide bonds. The lowest BCUT2D eigenvalue weighted by Gasteiger charge is -2.22. The highest BCUT2D eigenvalue weighted by molar-refractivity contribution is 5.42. The van der Waals surface area contributed by atoms with Crippen molar-refractivity contribution in [1.82, 2.24) is 24.6 Å². The maximum atomic E-state index is 5.26. The molecule has 132 valence electrons. The van der Waals surface area contributed by atoms with Crippen molar-refractivity contribution in [2.75, 3.05) is 19.1 Å². The molecule has 25 heavy (non-hydrogen) atoms. The lowest BCUT2D eigenvalue weighted by Crippen LogP contribution is -2.24. The molecular formula is C18H24N6O. The van der Waals surface area contributed by atoms with Gasteiger partial charge in [0.25, 0.3) is 0 Å². The second-order valence-electron chi connectivity index (χ2n) is 7.13. The van der Waals surface area contributed by atoms with Crippen molar-refractivity contribution in [3.8, 4) is 0 Å². The van der Waals surface area contributed by atoms with Crippen LogP contribution >= 0.6 is 0 Å². The zero-order valence-corrected chi connectivity index (χ0v) is 15.4. The maximum Gasteiger partial charge on any atom is 0.160 e. The maximum absolute atomic E-state index is 5.26. The van der Waals surface area contributed by atoms with E-state index in [1.807, 2.05) is 41.9 Å². The minimum Gasteiger partial charge on any atom is -0.378 e. The Morgan fingerprint density at radius 3 is 2.68 bits per heavy atom. The number of ether oxygens (including phenoxy) is 1. The van der Waals surface area contributed by atoms with Gasteiger partial charge in [-0.2, -0.15) is 0 Å². The number of hydrogen-bond acceptors (Lipinski definition) is 6. The average molecular weight is 340 g/mol. The third kappa shape index (κ3) is 3.76. The predicted octanol–water partition coefficient (Wildman–Crippen LogP) is 2.60. The van der Waals surface area contributed by atoms with Crippen LogP contribution in [0.2, 0.25) is 0 Å². The van der Waals surface area contributed by atoms with E-state index in [-0.39, 0.29) is 5.41 Å². The third-order valence-corrected chi connectivity index (χ3v) is 3.88. The fourth-order valence-electron chi connectivity index (χ4n) is 2.53. The minimum atomic E-state index is -0.138. The number of aromatic nitrogens is 5. The van der Waals surface area contributed by atoms with Crippen molar-refractivity contribution in [3.63, 3.8) is 0 Å². The summed E-state index contributed by atoms with van der Waals surface area (Å²) in [7, 11) is 3.67. The number of methoxy groups -OCH3 is 1. The normalized spacial score (nSPS) is 11.9. The molecule has 0 unspecified atom stereocenters. The van der Waals surface area contributed by atoms with Crippen LogP contribution < -0.4 is 4.90 Å². The van der Waals surface area contributed by atoms with Gasteiger partial charge in [-0.15, -0.1) is 10.2 Å². The summed E-state index contributed by atoms with van der Waals surface area (Å²) >= 11 is 0. The van der Waals surface area contributed by atoms with Crippen LogP contribution in [0.5, 0.6) is 0 Å². The molecule has 0 aliphatic rings. The zero-order valence-electron chi connectivity index (χ0n) is 15.4. The molecule has 0 bridgehead atoms. The van der Waals surface area contributed by atoms with E-state index in [4.69, 9.17) is 9.72 Å². The molecule has 0 aromatic carbocycles. The van der Waals surface area contributed by atoms with Gasteiger partial charge in [0, 0.05) is 31.8 Å². The van der Waals surface area contributed by atoms with E-state index < -0.39 is 0 Å². The Balaban J connectivity index is 1.93. The van der Waals surface area contributed by atoms with Crippen molar-refractivity contribution >= 4 is 11.5 Å². The number of pyridine rings is 1. The smallest absolute Gasteiger partial charge is 0.160 e. The molecule has 0 aliphatic carbocycles. The second-order valence-corrected chi connectivity index (χ2v) is 7.13. The Labute approximate surface area is 147 Å². The van der Waals surface area contributed by atoms with Gasteiger partial charge in [-0.05, 0) is 12.1 Å². The minimum absolute atomic E-state index is 0.138. The molecule has 3 heterocycles. The first-order valence-electron chi connectivity index (χ1n) is 8.25. The number of fused-ring (bicyclic) bond motifs is 1. The van der Waals surface area contributed by atoms with Crippen LogP contribution in [-0.4, -0.2) is 38.7 Å². The van der Waals surface area contributed by atoms with Crippen LogP contribution in [-0.2, 0) is 23.3 Å². The fourth-order valence-corrected chi connectivity index (χ4v) is 2.53. The van der Waals surface area contributed by atoms with E-state index in [9.17, 15) is 0 Å². The second kappa shape index (κ2) is 6.76. The Hall–Kier alpha value is -2.54. The zero-order chi connectivity index (χ0) is 18.0. The Bertz CT molecular complexity index is 867. The van der Waals surface area contributed by atoms with Gasteiger partial charge in [0.1, 0.15) is 11.6 Å². The highest BCUT2D eigenvalue weighted by Crippen LogP contribution is 2.23. The molecule has 7 nitrogen and oxygen atoms in total. The van der Waals surface area contributed by atoms with Crippen molar-refractivity contribution in [2.45, 2.75) is 39.3 Å². The van der Waals surface area contributed by atoms with Gasteiger partial charge in [-0.1, -0.05) is 26.8 Å². The van der Waals surface area contributed by atoms with Gasteiger partial charge in [-0.3, -0.25) is 4.40 Å². The van der Waals surface area contributed by atoms with Gasteiger partial charge in [-0.25, -0.2) is 9.97 Å². The Morgan fingerprint density at radius 1 is 1.16 bits per heavy atom. The van der Waals surface area contributed by atoms with E-state index >= 15 is 0 Å². The van der Waals surface area contributed by atoms with E-state index in [0.29, 0.717) is 13.2 Å². The van der Waals surface area contributed by atoms with Crippen LogP contribution in [0, 0.1) is 0 Å². The molecule has 0 radical (unpaired) electrons. The first kappa shape index (κ1) is 17.3. The number of nitrogens with zero attached hydrogens (tertiary/aromatic N) is 6. The lowest BCUT2D eigenvalue weighted by molar-refractivity contribution is 0.181. The largest absolute Gasteiger partial charge is 0.378 e. The van der Waals surface area contributed by atoms with E-state index in [2.05, 4.69) is 40.9 Å². The number of anilines is 1.